The Morgan fingerprint density at radius 2 is 2.18 bits per heavy atom. The number of hydrogen-bond acceptors (Lipinski definition) is 3. The van der Waals surface area contributed by atoms with Crippen molar-refractivity contribution in [3.05, 3.63) is 40.2 Å². The van der Waals surface area contributed by atoms with Crippen LogP contribution in [-0.4, -0.2) is 28.9 Å². The van der Waals surface area contributed by atoms with Gasteiger partial charge in [-0.3, -0.25) is 4.79 Å². The van der Waals surface area contributed by atoms with E-state index in [9.17, 15) is 4.79 Å². The van der Waals surface area contributed by atoms with E-state index in [-0.39, 0.29) is 5.91 Å². The maximum Gasteiger partial charge on any atom is 0.275 e. The van der Waals surface area contributed by atoms with Crippen LogP contribution in [0.2, 0.25) is 10.0 Å². The Morgan fingerprint density at radius 1 is 1.36 bits per heavy atom. The van der Waals surface area contributed by atoms with Crippen LogP contribution in [0, 0.1) is 5.92 Å². The molecule has 2 heterocycles. The molecule has 1 atom stereocenters. The maximum atomic E-state index is 12.5. The molecule has 1 unspecified atom stereocenters. The fourth-order valence-electron chi connectivity index (χ4n) is 2.67. The molecule has 3 rings (SSSR count). The third-order valence-electron chi connectivity index (χ3n) is 3.83. The Balaban J connectivity index is 1.81. The predicted octanol–water partition coefficient (Wildman–Crippen LogP) is 4.52. The molecule has 0 saturated carbocycles. The summed E-state index contributed by atoms with van der Waals surface area (Å²) >= 11 is 11.9. The molecule has 2 aromatic rings. The number of halogens is 2. The van der Waals surface area contributed by atoms with Crippen molar-refractivity contribution in [2.75, 3.05) is 13.1 Å². The molecule has 1 aliphatic heterocycles. The fourth-order valence-corrected chi connectivity index (χ4v) is 2.97. The Kier molecular flexibility index (Phi) is 4.41. The lowest BCUT2D eigenvalue weighted by Crippen LogP contribution is -2.39. The van der Waals surface area contributed by atoms with Crippen LogP contribution >= 0.6 is 23.2 Å². The summed E-state index contributed by atoms with van der Waals surface area (Å²) in [6, 6.07) is 5.11. The molecular weight excluding hydrogens is 323 g/mol. The number of benzene rings is 1. The second kappa shape index (κ2) is 6.31. The van der Waals surface area contributed by atoms with Gasteiger partial charge < -0.3 is 9.32 Å². The van der Waals surface area contributed by atoms with Crippen LogP contribution in [-0.2, 0) is 0 Å². The van der Waals surface area contributed by atoms with Crippen LogP contribution in [0.4, 0.5) is 0 Å². The summed E-state index contributed by atoms with van der Waals surface area (Å²) in [5.74, 6) is 0.813. The second-order valence-corrected chi connectivity index (χ2v) is 6.48. The van der Waals surface area contributed by atoms with Crippen molar-refractivity contribution in [3.8, 4) is 11.5 Å². The van der Waals surface area contributed by atoms with Gasteiger partial charge in [0.1, 0.15) is 6.26 Å². The number of likely N-dealkylation sites (tertiary alicyclic amines) is 1. The van der Waals surface area contributed by atoms with E-state index >= 15 is 0 Å². The summed E-state index contributed by atoms with van der Waals surface area (Å²) in [6.45, 7) is 3.70. The first-order chi connectivity index (χ1) is 10.5. The SMILES string of the molecule is CC1CCCN(C(=O)c2coc(-c3ccc(Cl)c(Cl)c3)n2)C1. The Hall–Kier alpha value is -1.52. The van der Waals surface area contributed by atoms with Gasteiger partial charge in [0.25, 0.3) is 5.91 Å². The van der Waals surface area contributed by atoms with Crippen LogP contribution < -0.4 is 0 Å². The Morgan fingerprint density at radius 3 is 2.91 bits per heavy atom. The number of piperidine rings is 1. The molecule has 1 aromatic carbocycles. The van der Waals surface area contributed by atoms with Crippen molar-refractivity contribution in [1.29, 1.82) is 0 Å². The smallest absolute Gasteiger partial charge is 0.275 e. The highest BCUT2D eigenvalue weighted by atomic mass is 35.5. The van der Waals surface area contributed by atoms with Crippen LogP contribution in [0.1, 0.15) is 30.3 Å². The van der Waals surface area contributed by atoms with Gasteiger partial charge in [0.2, 0.25) is 5.89 Å². The quantitative estimate of drug-likeness (QED) is 0.808. The van der Waals surface area contributed by atoms with E-state index in [1.165, 1.54) is 6.26 Å². The number of rotatable bonds is 2. The van der Waals surface area contributed by atoms with Crippen molar-refractivity contribution in [2.45, 2.75) is 19.8 Å². The number of carbonyl (C=O) groups is 1. The van der Waals surface area contributed by atoms with Gasteiger partial charge in [0.05, 0.1) is 10.0 Å². The normalized spacial score (nSPS) is 18.5. The van der Waals surface area contributed by atoms with Gasteiger partial charge in [-0.05, 0) is 37.0 Å². The van der Waals surface area contributed by atoms with Gasteiger partial charge in [-0.1, -0.05) is 30.1 Å². The first-order valence-corrected chi connectivity index (χ1v) is 8.00. The predicted molar refractivity (Wildman–Crippen MR) is 86.3 cm³/mol. The van der Waals surface area contributed by atoms with Gasteiger partial charge in [-0.15, -0.1) is 0 Å². The number of carbonyl (C=O) groups excluding carboxylic acids is 1. The van der Waals surface area contributed by atoms with E-state index < -0.39 is 0 Å². The molecule has 1 saturated heterocycles. The van der Waals surface area contributed by atoms with Crippen LogP contribution in [0.15, 0.2) is 28.9 Å². The zero-order valence-electron chi connectivity index (χ0n) is 12.2. The minimum Gasteiger partial charge on any atom is -0.444 e. The molecule has 1 aromatic heterocycles. The fraction of sp³-hybridized carbons (Fsp3) is 0.375. The zero-order chi connectivity index (χ0) is 15.7. The molecule has 0 aliphatic carbocycles. The van der Waals surface area contributed by atoms with E-state index in [1.807, 2.05) is 4.90 Å². The number of amides is 1. The molecule has 6 heteroatoms. The molecular formula is C16H16Cl2N2O2. The van der Waals surface area contributed by atoms with Crippen molar-refractivity contribution in [3.63, 3.8) is 0 Å². The highest BCUT2D eigenvalue weighted by molar-refractivity contribution is 6.42. The van der Waals surface area contributed by atoms with E-state index in [0.29, 0.717) is 33.1 Å². The standard InChI is InChI=1S/C16H16Cl2N2O2/c1-10-3-2-6-20(8-10)16(21)14-9-22-15(19-14)11-4-5-12(17)13(18)7-11/h4-5,7,9-10H,2-3,6,8H2,1H3. The molecule has 0 bridgehead atoms. The van der Waals surface area contributed by atoms with Gasteiger partial charge in [-0.25, -0.2) is 4.98 Å². The average Bonchev–Trinajstić information content (AvgIpc) is 2.99. The molecule has 116 valence electrons. The molecule has 1 aliphatic rings. The average molecular weight is 339 g/mol. The first-order valence-electron chi connectivity index (χ1n) is 7.25. The monoisotopic (exact) mass is 338 g/mol. The van der Waals surface area contributed by atoms with Crippen molar-refractivity contribution >= 4 is 29.1 Å². The lowest BCUT2D eigenvalue weighted by molar-refractivity contribution is 0.0677. The summed E-state index contributed by atoms with van der Waals surface area (Å²) in [7, 11) is 0. The first kappa shape index (κ1) is 15.4. The molecule has 1 fully saturated rings. The number of hydrogen-bond donors (Lipinski definition) is 0. The van der Waals surface area contributed by atoms with E-state index in [1.54, 1.807) is 18.2 Å². The third kappa shape index (κ3) is 3.13. The van der Waals surface area contributed by atoms with Crippen molar-refractivity contribution in [1.82, 2.24) is 9.88 Å². The van der Waals surface area contributed by atoms with Crippen LogP contribution in [0.25, 0.3) is 11.5 Å². The number of aromatic nitrogens is 1. The Labute approximate surface area is 139 Å². The van der Waals surface area contributed by atoms with E-state index in [4.69, 9.17) is 27.6 Å². The molecule has 1 amide bonds. The summed E-state index contributed by atoms with van der Waals surface area (Å²) in [4.78, 5) is 18.6. The highest BCUT2D eigenvalue weighted by Crippen LogP contribution is 2.28. The van der Waals surface area contributed by atoms with Gasteiger partial charge in [0, 0.05) is 18.7 Å². The lowest BCUT2D eigenvalue weighted by Gasteiger charge is -2.30. The van der Waals surface area contributed by atoms with Crippen LogP contribution in [0.3, 0.4) is 0 Å². The van der Waals surface area contributed by atoms with Crippen molar-refractivity contribution < 1.29 is 9.21 Å². The largest absolute Gasteiger partial charge is 0.444 e. The summed E-state index contributed by atoms with van der Waals surface area (Å²) in [6.07, 6.45) is 3.60. The summed E-state index contributed by atoms with van der Waals surface area (Å²) < 4.78 is 5.42. The topological polar surface area (TPSA) is 46.3 Å². The lowest BCUT2D eigenvalue weighted by atomic mass is 10.0. The maximum absolute atomic E-state index is 12.5. The Bertz CT molecular complexity index is 699. The minimum absolute atomic E-state index is 0.0818. The molecule has 0 N–H and O–H groups in total. The minimum atomic E-state index is -0.0818. The van der Waals surface area contributed by atoms with E-state index in [0.717, 1.165) is 25.9 Å². The molecule has 22 heavy (non-hydrogen) atoms. The molecule has 0 radical (unpaired) electrons. The van der Waals surface area contributed by atoms with E-state index in [2.05, 4.69) is 11.9 Å². The summed E-state index contributed by atoms with van der Waals surface area (Å²) in [5, 5.41) is 0.894. The zero-order valence-corrected chi connectivity index (χ0v) is 13.7. The van der Waals surface area contributed by atoms with Gasteiger partial charge >= 0.3 is 0 Å². The van der Waals surface area contributed by atoms with Gasteiger partial charge in [-0.2, -0.15) is 0 Å². The van der Waals surface area contributed by atoms with Crippen LogP contribution in [0.5, 0.6) is 0 Å². The third-order valence-corrected chi connectivity index (χ3v) is 4.57. The highest BCUT2D eigenvalue weighted by Gasteiger charge is 2.24. The number of oxazole rings is 1. The summed E-state index contributed by atoms with van der Waals surface area (Å²) in [5.41, 5.74) is 1.02. The molecule has 4 nitrogen and oxygen atoms in total. The van der Waals surface area contributed by atoms with Crippen molar-refractivity contribution in [2.24, 2.45) is 5.92 Å². The second-order valence-electron chi connectivity index (χ2n) is 5.67. The molecule has 0 spiro atoms. The van der Waals surface area contributed by atoms with Gasteiger partial charge in [0.15, 0.2) is 5.69 Å². The number of nitrogens with zero attached hydrogens (tertiary/aromatic N) is 2.